The van der Waals surface area contributed by atoms with Crippen LogP contribution in [0, 0.1) is 0 Å². The van der Waals surface area contributed by atoms with E-state index < -0.39 is 0 Å². The summed E-state index contributed by atoms with van der Waals surface area (Å²) in [5.41, 5.74) is 3.23. The standard InChI is InChI=1S/C22H20N2O3S/c1-25-19-10-9-14(12-20(19)26-2)16-13-17-15-6-3-4-7-18(15)27-22(24(17)23-16)21-8-5-11-28-21/h3-12,17,22H,13H2,1-2H3. The second-order valence-electron chi connectivity index (χ2n) is 6.74. The Morgan fingerprint density at radius 3 is 2.68 bits per heavy atom. The predicted octanol–water partition coefficient (Wildman–Crippen LogP) is 5.01. The van der Waals surface area contributed by atoms with E-state index in [1.165, 1.54) is 5.56 Å². The number of ether oxygens (including phenoxy) is 3. The van der Waals surface area contributed by atoms with Crippen LogP contribution < -0.4 is 14.2 Å². The molecule has 2 atom stereocenters. The highest BCUT2D eigenvalue weighted by molar-refractivity contribution is 7.10. The van der Waals surface area contributed by atoms with E-state index in [9.17, 15) is 0 Å². The maximum atomic E-state index is 6.34. The van der Waals surface area contributed by atoms with Gasteiger partial charge in [0.2, 0.25) is 6.23 Å². The molecule has 5 nitrogen and oxygen atoms in total. The van der Waals surface area contributed by atoms with Gasteiger partial charge in [0.25, 0.3) is 0 Å². The van der Waals surface area contributed by atoms with E-state index in [-0.39, 0.29) is 12.3 Å². The molecule has 0 radical (unpaired) electrons. The summed E-state index contributed by atoms with van der Waals surface area (Å²) in [6.07, 6.45) is 0.607. The zero-order valence-electron chi connectivity index (χ0n) is 15.7. The van der Waals surface area contributed by atoms with Gasteiger partial charge in [0.1, 0.15) is 5.75 Å². The fourth-order valence-corrected chi connectivity index (χ4v) is 4.59. The van der Waals surface area contributed by atoms with Crippen molar-refractivity contribution in [1.82, 2.24) is 5.01 Å². The van der Waals surface area contributed by atoms with Crippen LogP contribution in [-0.2, 0) is 0 Å². The van der Waals surface area contributed by atoms with Crippen molar-refractivity contribution in [3.63, 3.8) is 0 Å². The molecule has 0 N–H and O–H groups in total. The van der Waals surface area contributed by atoms with Crippen LogP contribution in [0.5, 0.6) is 17.2 Å². The molecule has 2 unspecified atom stereocenters. The van der Waals surface area contributed by atoms with Crippen molar-refractivity contribution < 1.29 is 14.2 Å². The highest BCUT2D eigenvalue weighted by atomic mass is 32.1. The Bertz CT molecular complexity index is 1030. The molecule has 0 saturated carbocycles. The quantitative estimate of drug-likeness (QED) is 0.626. The summed E-state index contributed by atoms with van der Waals surface area (Å²) >= 11 is 1.69. The first-order valence-corrected chi connectivity index (χ1v) is 10.0. The molecule has 142 valence electrons. The number of rotatable bonds is 4. The average molecular weight is 392 g/mol. The molecular formula is C22H20N2O3S. The minimum atomic E-state index is -0.211. The zero-order valence-corrected chi connectivity index (χ0v) is 16.5. The summed E-state index contributed by atoms with van der Waals surface area (Å²) in [5, 5.41) is 9.15. The van der Waals surface area contributed by atoms with E-state index in [1.54, 1.807) is 25.6 Å². The smallest absolute Gasteiger partial charge is 0.222 e. The van der Waals surface area contributed by atoms with Crippen LogP contribution in [-0.4, -0.2) is 24.9 Å². The molecular weight excluding hydrogens is 372 g/mol. The van der Waals surface area contributed by atoms with Crippen molar-refractivity contribution in [2.24, 2.45) is 5.10 Å². The number of nitrogens with zero attached hydrogens (tertiary/aromatic N) is 2. The SMILES string of the molecule is COc1ccc(C2=NN3C(C2)c2ccccc2OC3c2cccs2)cc1OC. The molecule has 6 heteroatoms. The number of hydrogen-bond acceptors (Lipinski definition) is 6. The van der Waals surface area contributed by atoms with Crippen molar-refractivity contribution in [2.75, 3.05) is 14.2 Å². The summed E-state index contributed by atoms with van der Waals surface area (Å²) in [4.78, 5) is 1.15. The molecule has 0 amide bonds. The van der Waals surface area contributed by atoms with Crippen molar-refractivity contribution in [2.45, 2.75) is 18.7 Å². The molecule has 0 bridgehead atoms. The van der Waals surface area contributed by atoms with E-state index in [1.807, 2.05) is 36.4 Å². The first kappa shape index (κ1) is 17.1. The molecule has 0 fully saturated rings. The Balaban J connectivity index is 1.56. The monoisotopic (exact) mass is 392 g/mol. The molecule has 3 aromatic rings. The Kier molecular flexibility index (Phi) is 4.20. The van der Waals surface area contributed by atoms with Crippen LogP contribution in [0.25, 0.3) is 0 Å². The molecule has 1 aromatic heterocycles. The van der Waals surface area contributed by atoms with Gasteiger partial charge < -0.3 is 14.2 Å². The van der Waals surface area contributed by atoms with E-state index in [0.29, 0.717) is 11.5 Å². The van der Waals surface area contributed by atoms with Gasteiger partial charge in [-0.2, -0.15) is 5.10 Å². The molecule has 0 spiro atoms. The van der Waals surface area contributed by atoms with Gasteiger partial charge in [-0.15, -0.1) is 11.3 Å². The number of hydrazone groups is 1. The third-order valence-corrected chi connectivity index (χ3v) is 6.11. The molecule has 2 aromatic carbocycles. The van der Waals surface area contributed by atoms with Crippen LogP contribution in [0.1, 0.15) is 34.7 Å². The van der Waals surface area contributed by atoms with Crippen LogP contribution in [0.15, 0.2) is 65.1 Å². The van der Waals surface area contributed by atoms with Crippen LogP contribution in [0.2, 0.25) is 0 Å². The second kappa shape index (κ2) is 6.87. The Labute approximate surface area is 167 Å². The summed E-state index contributed by atoms with van der Waals surface area (Å²) in [6, 6.07) is 18.5. The maximum Gasteiger partial charge on any atom is 0.222 e. The molecule has 2 aliphatic rings. The third-order valence-electron chi connectivity index (χ3n) is 5.20. The van der Waals surface area contributed by atoms with Gasteiger partial charge >= 0.3 is 0 Å². The zero-order chi connectivity index (χ0) is 19.1. The van der Waals surface area contributed by atoms with Crippen molar-refractivity contribution in [3.05, 3.63) is 76.0 Å². The Morgan fingerprint density at radius 2 is 1.89 bits per heavy atom. The van der Waals surface area contributed by atoms with Crippen LogP contribution in [0.4, 0.5) is 0 Å². The number of hydrogen-bond donors (Lipinski definition) is 0. The number of benzene rings is 2. The summed E-state index contributed by atoms with van der Waals surface area (Å²) < 4.78 is 17.2. The topological polar surface area (TPSA) is 43.3 Å². The summed E-state index contributed by atoms with van der Waals surface area (Å²) in [5.74, 6) is 2.36. The number of para-hydroxylation sites is 1. The third kappa shape index (κ3) is 2.72. The van der Waals surface area contributed by atoms with E-state index in [0.717, 1.165) is 28.3 Å². The largest absolute Gasteiger partial charge is 0.493 e. The lowest BCUT2D eigenvalue weighted by molar-refractivity contribution is -0.0165. The lowest BCUT2D eigenvalue weighted by Crippen LogP contribution is -2.33. The summed E-state index contributed by atoms with van der Waals surface area (Å²) in [6.45, 7) is 0. The lowest BCUT2D eigenvalue weighted by Gasteiger charge is -2.37. The maximum absolute atomic E-state index is 6.34. The fraction of sp³-hybridized carbons (Fsp3) is 0.227. The molecule has 0 aliphatic carbocycles. The van der Waals surface area contributed by atoms with Gasteiger partial charge in [0.15, 0.2) is 11.5 Å². The van der Waals surface area contributed by atoms with Gasteiger partial charge in [-0.05, 0) is 35.7 Å². The fourth-order valence-electron chi connectivity index (χ4n) is 3.84. The summed E-state index contributed by atoms with van der Waals surface area (Å²) in [7, 11) is 3.29. The lowest BCUT2D eigenvalue weighted by atomic mass is 9.96. The first-order valence-electron chi connectivity index (χ1n) is 9.15. The van der Waals surface area contributed by atoms with Crippen molar-refractivity contribution in [1.29, 1.82) is 0 Å². The minimum Gasteiger partial charge on any atom is -0.493 e. The van der Waals surface area contributed by atoms with Gasteiger partial charge in [0, 0.05) is 17.5 Å². The van der Waals surface area contributed by atoms with Gasteiger partial charge in [0.05, 0.1) is 30.9 Å². The Hall–Kier alpha value is -2.99. The van der Waals surface area contributed by atoms with E-state index >= 15 is 0 Å². The molecule has 28 heavy (non-hydrogen) atoms. The van der Waals surface area contributed by atoms with Crippen LogP contribution >= 0.6 is 11.3 Å². The minimum absolute atomic E-state index is 0.153. The second-order valence-corrected chi connectivity index (χ2v) is 7.72. The number of methoxy groups -OCH3 is 2. The van der Waals surface area contributed by atoms with Gasteiger partial charge in [-0.3, -0.25) is 0 Å². The Morgan fingerprint density at radius 1 is 1.04 bits per heavy atom. The van der Waals surface area contributed by atoms with Crippen molar-refractivity contribution in [3.8, 4) is 17.2 Å². The predicted molar refractivity (Wildman–Crippen MR) is 109 cm³/mol. The van der Waals surface area contributed by atoms with Crippen LogP contribution in [0.3, 0.4) is 0 Å². The highest BCUT2D eigenvalue weighted by Crippen LogP contribution is 2.48. The number of thiophene rings is 1. The molecule has 5 rings (SSSR count). The molecule has 2 aliphatic heterocycles. The molecule has 3 heterocycles. The first-order chi connectivity index (χ1) is 13.8. The van der Waals surface area contributed by atoms with Gasteiger partial charge in [-0.25, -0.2) is 5.01 Å². The van der Waals surface area contributed by atoms with Gasteiger partial charge in [-0.1, -0.05) is 24.3 Å². The van der Waals surface area contributed by atoms with Crippen molar-refractivity contribution >= 4 is 17.0 Å². The van der Waals surface area contributed by atoms with E-state index in [4.69, 9.17) is 19.3 Å². The molecule has 0 saturated heterocycles. The van der Waals surface area contributed by atoms with E-state index in [2.05, 4.69) is 28.6 Å². The normalized spacial score (nSPS) is 20.1. The highest BCUT2D eigenvalue weighted by Gasteiger charge is 2.41. The average Bonchev–Trinajstić information content (AvgIpc) is 3.43. The number of fused-ring (bicyclic) bond motifs is 3.